The molecule has 0 radical (unpaired) electrons. The maximum atomic E-state index is 12.2. The Labute approximate surface area is 125 Å². The van der Waals surface area contributed by atoms with Crippen LogP contribution < -0.4 is 5.56 Å². The molecule has 0 amide bonds. The van der Waals surface area contributed by atoms with E-state index in [1.807, 2.05) is 31.2 Å². The number of nitrogens with zero attached hydrogens (tertiary/aromatic N) is 2. The first-order chi connectivity index (χ1) is 10.2. The van der Waals surface area contributed by atoms with Gasteiger partial charge in [0.25, 0.3) is 5.56 Å². The molecule has 1 aromatic heterocycles. The van der Waals surface area contributed by atoms with Crippen molar-refractivity contribution in [2.24, 2.45) is 0 Å². The summed E-state index contributed by atoms with van der Waals surface area (Å²) in [7, 11) is 0. The Morgan fingerprint density at radius 2 is 2.00 bits per heavy atom. The minimum absolute atomic E-state index is 0.0180. The van der Waals surface area contributed by atoms with E-state index >= 15 is 0 Å². The monoisotopic (exact) mass is 299 g/mol. The molecule has 21 heavy (non-hydrogen) atoms. The first-order valence-electron chi connectivity index (χ1n) is 6.51. The normalized spacial score (nSPS) is 10.9. The van der Waals surface area contributed by atoms with Crippen LogP contribution in [0.2, 0.25) is 0 Å². The highest BCUT2D eigenvalue weighted by molar-refractivity contribution is 7.99. The van der Waals surface area contributed by atoms with E-state index in [9.17, 15) is 9.90 Å². The van der Waals surface area contributed by atoms with E-state index in [2.05, 4.69) is 15.2 Å². The number of nitrogens with one attached hydrogen (secondary N) is 1. The van der Waals surface area contributed by atoms with Crippen molar-refractivity contribution in [2.75, 3.05) is 5.75 Å². The van der Waals surface area contributed by atoms with Gasteiger partial charge in [0.2, 0.25) is 0 Å². The van der Waals surface area contributed by atoms with E-state index in [0.29, 0.717) is 10.7 Å². The van der Waals surface area contributed by atoms with E-state index in [-0.39, 0.29) is 17.0 Å². The molecule has 0 spiro atoms. The van der Waals surface area contributed by atoms with Crippen molar-refractivity contribution in [2.45, 2.75) is 12.1 Å². The first-order valence-corrected chi connectivity index (χ1v) is 7.50. The van der Waals surface area contributed by atoms with E-state index in [1.165, 1.54) is 11.8 Å². The van der Waals surface area contributed by atoms with Crippen LogP contribution in [0.1, 0.15) is 6.92 Å². The Bertz CT molecular complexity index is 861. The number of benzene rings is 2. The lowest BCUT2D eigenvalue weighted by Gasteiger charge is -2.07. The zero-order valence-corrected chi connectivity index (χ0v) is 12.1. The lowest BCUT2D eigenvalue weighted by atomic mass is 10.0. The summed E-state index contributed by atoms with van der Waals surface area (Å²) >= 11 is 1.41. The van der Waals surface area contributed by atoms with Gasteiger partial charge in [0, 0.05) is 0 Å². The van der Waals surface area contributed by atoms with Crippen molar-refractivity contribution in [1.82, 2.24) is 15.2 Å². The molecule has 3 rings (SSSR count). The fourth-order valence-electron chi connectivity index (χ4n) is 2.20. The summed E-state index contributed by atoms with van der Waals surface area (Å²) in [4.78, 5) is 14.9. The maximum absolute atomic E-state index is 12.2. The number of phenolic OH excluding ortho intramolecular Hbond substituents is 1. The zero-order chi connectivity index (χ0) is 14.8. The summed E-state index contributed by atoms with van der Waals surface area (Å²) in [5, 5.41) is 20.3. The largest absolute Gasteiger partial charge is 0.507 e. The molecule has 0 aliphatic rings. The average molecular weight is 299 g/mol. The Kier molecular flexibility index (Phi) is 3.62. The van der Waals surface area contributed by atoms with Gasteiger partial charge in [-0.3, -0.25) is 9.78 Å². The lowest BCUT2D eigenvalue weighted by Crippen LogP contribution is -2.14. The van der Waals surface area contributed by atoms with Gasteiger partial charge in [-0.15, -0.1) is 10.2 Å². The Morgan fingerprint density at radius 1 is 1.19 bits per heavy atom. The highest BCUT2D eigenvalue weighted by Crippen LogP contribution is 2.33. The summed E-state index contributed by atoms with van der Waals surface area (Å²) in [5.41, 5.74) is 0.187. The van der Waals surface area contributed by atoms with Gasteiger partial charge in [0.15, 0.2) is 10.9 Å². The van der Waals surface area contributed by atoms with Gasteiger partial charge in [-0.05, 0) is 22.6 Å². The second kappa shape index (κ2) is 5.57. The molecule has 0 atom stereocenters. The van der Waals surface area contributed by atoms with Gasteiger partial charge in [-0.25, -0.2) is 0 Å². The molecule has 6 heteroatoms. The number of rotatable bonds is 3. The predicted molar refractivity (Wildman–Crippen MR) is 83.7 cm³/mol. The van der Waals surface area contributed by atoms with Crippen molar-refractivity contribution in [3.8, 4) is 17.0 Å². The van der Waals surface area contributed by atoms with Gasteiger partial charge in [0.05, 0.1) is 5.56 Å². The lowest BCUT2D eigenvalue weighted by molar-refractivity contribution is 0.477. The zero-order valence-electron chi connectivity index (χ0n) is 11.3. The van der Waals surface area contributed by atoms with E-state index in [0.717, 1.165) is 16.5 Å². The standard InChI is InChI=1S/C15H13N3O2S/c1-2-21-15-16-14(20)13(17-18-15)12-10-6-4-3-5-9(10)7-8-11(12)19/h3-8,19H,2H2,1H3,(H,16,18,20). The number of thioether (sulfide) groups is 1. The van der Waals surface area contributed by atoms with Crippen LogP contribution in [0.3, 0.4) is 0 Å². The minimum atomic E-state index is -0.354. The SMILES string of the molecule is CCSc1nnc(-c2c(O)ccc3ccccc23)c(=O)[nH]1. The number of H-pyrrole nitrogens is 1. The molecule has 0 unspecified atom stereocenters. The van der Waals surface area contributed by atoms with Crippen molar-refractivity contribution in [3.63, 3.8) is 0 Å². The molecule has 5 nitrogen and oxygen atoms in total. The number of hydrogen-bond acceptors (Lipinski definition) is 5. The smallest absolute Gasteiger partial charge is 0.278 e. The molecular weight excluding hydrogens is 286 g/mol. The summed E-state index contributed by atoms with van der Waals surface area (Å²) < 4.78 is 0. The van der Waals surface area contributed by atoms with Crippen molar-refractivity contribution < 1.29 is 5.11 Å². The molecule has 0 fully saturated rings. The second-order valence-electron chi connectivity index (χ2n) is 4.42. The molecule has 106 valence electrons. The van der Waals surface area contributed by atoms with Crippen LogP contribution >= 0.6 is 11.8 Å². The topological polar surface area (TPSA) is 78.9 Å². The van der Waals surface area contributed by atoms with Crippen LogP contribution in [0.15, 0.2) is 46.3 Å². The van der Waals surface area contributed by atoms with Crippen molar-refractivity contribution >= 4 is 22.5 Å². The fraction of sp³-hybridized carbons (Fsp3) is 0.133. The molecule has 0 saturated carbocycles. The van der Waals surface area contributed by atoms with E-state index < -0.39 is 0 Å². The molecule has 0 bridgehead atoms. The molecule has 1 heterocycles. The quantitative estimate of drug-likeness (QED) is 0.727. The summed E-state index contributed by atoms with van der Waals surface area (Å²) in [6.45, 7) is 1.97. The number of phenols is 1. The second-order valence-corrected chi connectivity index (χ2v) is 5.67. The number of aromatic hydroxyl groups is 1. The van der Waals surface area contributed by atoms with E-state index in [1.54, 1.807) is 12.1 Å². The summed E-state index contributed by atoms with van der Waals surface area (Å²) in [6, 6.07) is 10.9. The molecule has 0 saturated heterocycles. The van der Waals surface area contributed by atoms with Crippen LogP contribution in [0.25, 0.3) is 22.0 Å². The molecule has 0 aliphatic carbocycles. The van der Waals surface area contributed by atoms with Crippen LogP contribution in [0.4, 0.5) is 0 Å². The number of aromatic amines is 1. The predicted octanol–water partition coefficient (Wildman–Crippen LogP) is 2.80. The van der Waals surface area contributed by atoms with Gasteiger partial charge >= 0.3 is 0 Å². The highest BCUT2D eigenvalue weighted by Gasteiger charge is 2.15. The molecule has 2 aromatic carbocycles. The number of aromatic nitrogens is 3. The van der Waals surface area contributed by atoms with Crippen LogP contribution in [0, 0.1) is 0 Å². The van der Waals surface area contributed by atoms with Crippen LogP contribution in [0.5, 0.6) is 5.75 Å². The summed E-state index contributed by atoms with van der Waals surface area (Å²) in [5.74, 6) is 0.813. The Balaban J connectivity index is 2.25. The summed E-state index contributed by atoms with van der Waals surface area (Å²) in [6.07, 6.45) is 0. The third-order valence-electron chi connectivity index (χ3n) is 3.10. The highest BCUT2D eigenvalue weighted by atomic mass is 32.2. The first kappa shape index (κ1) is 13.6. The Morgan fingerprint density at radius 3 is 2.76 bits per heavy atom. The maximum Gasteiger partial charge on any atom is 0.278 e. The van der Waals surface area contributed by atoms with Gasteiger partial charge in [-0.2, -0.15) is 0 Å². The number of hydrogen-bond donors (Lipinski definition) is 2. The van der Waals surface area contributed by atoms with Crippen LogP contribution in [-0.4, -0.2) is 26.0 Å². The van der Waals surface area contributed by atoms with Gasteiger partial charge < -0.3 is 5.11 Å². The molecule has 0 aliphatic heterocycles. The van der Waals surface area contributed by atoms with Gasteiger partial charge in [-0.1, -0.05) is 49.0 Å². The van der Waals surface area contributed by atoms with Crippen LogP contribution in [-0.2, 0) is 0 Å². The molecule has 3 aromatic rings. The third kappa shape index (κ3) is 2.50. The minimum Gasteiger partial charge on any atom is -0.507 e. The van der Waals surface area contributed by atoms with Crippen molar-refractivity contribution in [3.05, 3.63) is 46.8 Å². The Hall–Kier alpha value is -2.34. The average Bonchev–Trinajstić information content (AvgIpc) is 2.49. The molecular formula is C15H13N3O2S. The van der Waals surface area contributed by atoms with Crippen molar-refractivity contribution in [1.29, 1.82) is 0 Å². The third-order valence-corrected chi connectivity index (χ3v) is 3.85. The molecule has 2 N–H and O–H groups in total. The number of fused-ring (bicyclic) bond motifs is 1. The van der Waals surface area contributed by atoms with Gasteiger partial charge in [0.1, 0.15) is 5.75 Å². The van der Waals surface area contributed by atoms with E-state index in [4.69, 9.17) is 0 Å². The fourth-order valence-corrected chi connectivity index (χ4v) is 2.73.